The summed E-state index contributed by atoms with van der Waals surface area (Å²) in [5, 5.41) is 0. The fourth-order valence-electron chi connectivity index (χ4n) is 2.54. The van der Waals surface area contributed by atoms with Crippen LogP contribution in [0.4, 0.5) is 17.6 Å². The summed E-state index contributed by atoms with van der Waals surface area (Å²) in [6.45, 7) is 10.0. The van der Waals surface area contributed by atoms with Gasteiger partial charge in [-0.05, 0) is 30.1 Å². The number of hydrogen-bond acceptors (Lipinski definition) is 0. The molecule has 0 unspecified atom stereocenters. The van der Waals surface area contributed by atoms with Gasteiger partial charge in [-0.25, -0.2) is 17.6 Å². The van der Waals surface area contributed by atoms with Crippen molar-refractivity contribution in [2.45, 2.75) is 71.6 Å². The van der Waals surface area contributed by atoms with Crippen molar-refractivity contribution in [1.29, 1.82) is 0 Å². The zero-order valence-electron chi connectivity index (χ0n) is 13.6. The first kappa shape index (κ1) is 18.0. The van der Waals surface area contributed by atoms with E-state index in [4.69, 9.17) is 0 Å². The Morgan fingerprint density at radius 2 is 0.952 bits per heavy atom. The van der Waals surface area contributed by atoms with E-state index in [1.165, 1.54) is 0 Å². The summed E-state index contributed by atoms with van der Waals surface area (Å²) in [4.78, 5) is 0. The van der Waals surface area contributed by atoms with Gasteiger partial charge < -0.3 is 0 Å². The van der Waals surface area contributed by atoms with Crippen molar-refractivity contribution in [3.05, 3.63) is 34.4 Å². The van der Waals surface area contributed by atoms with Crippen LogP contribution in [-0.4, -0.2) is 0 Å². The van der Waals surface area contributed by atoms with E-state index in [0.29, 0.717) is 19.3 Å². The highest BCUT2D eigenvalue weighted by atomic mass is 19.2. The molecule has 0 N–H and O–H groups in total. The van der Waals surface area contributed by atoms with Gasteiger partial charge in [0.25, 0.3) is 0 Å². The molecule has 0 spiro atoms. The molecule has 4 heteroatoms. The van der Waals surface area contributed by atoms with Crippen molar-refractivity contribution in [1.82, 2.24) is 0 Å². The average Bonchev–Trinajstić information content (AvgIpc) is 2.45. The molecule has 1 aromatic rings. The first-order chi connectivity index (χ1) is 9.57. The minimum Gasteiger partial charge on any atom is -0.203 e. The van der Waals surface area contributed by atoms with Gasteiger partial charge in [-0.3, -0.25) is 0 Å². The van der Waals surface area contributed by atoms with Gasteiger partial charge in [-0.1, -0.05) is 41.5 Å². The molecule has 0 radical (unpaired) electrons. The molecule has 0 aliphatic carbocycles. The van der Waals surface area contributed by atoms with Crippen LogP contribution in [0.3, 0.4) is 0 Å². The SMILES string of the molecule is CCC(C)(C)c1c(F)c(F)c(C(C)(CC)CC)c(F)c1F. The molecular formula is C17H24F4. The summed E-state index contributed by atoms with van der Waals surface area (Å²) < 4.78 is 57.7. The fourth-order valence-corrected chi connectivity index (χ4v) is 2.54. The smallest absolute Gasteiger partial charge is 0.166 e. The van der Waals surface area contributed by atoms with E-state index in [9.17, 15) is 17.6 Å². The monoisotopic (exact) mass is 304 g/mol. The number of rotatable bonds is 5. The molecule has 120 valence electrons. The molecule has 0 heterocycles. The van der Waals surface area contributed by atoms with Crippen LogP contribution in [0.1, 0.15) is 71.9 Å². The molecule has 0 bridgehead atoms. The lowest BCUT2D eigenvalue weighted by Gasteiger charge is -2.31. The Bertz CT molecular complexity index is 499. The van der Waals surface area contributed by atoms with Crippen LogP contribution in [0.5, 0.6) is 0 Å². The standard InChI is InChI=1S/C17H24F4/c1-7-16(4,5)10-12(18)14(20)11(15(21)13(10)19)17(6,8-2)9-3/h7-9H2,1-6H3. The van der Waals surface area contributed by atoms with E-state index in [2.05, 4.69) is 0 Å². The third kappa shape index (κ3) is 2.82. The molecule has 0 amide bonds. The molecule has 0 saturated carbocycles. The summed E-state index contributed by atoms with van der Waals surface area (Å²) in [7, 11) is 0. The maximum Gasteiger partial charge on any atom is 0.166 e. The van der Waals surface area contributed by atoms with Gasteiger partial charge in [0.1, 0.15) is 0 Å². The third-order valence-electron chi connectivity index (χ3n) is 4.99. The lowest BCUT2D eigenvalue weighted by Crippen LogP contribution is -2.29. The van der Waals surface area contributed by atoms with Crippen LogP contribution in [0, 0.1) is 23.3 Å². The van der Waals surface area contributed by atoms with Crippen molar-refractivity contribution in [2.75, 3.05) is 0 Å². The predicted octanol–water partition coefficient (Wildman–Crippen LogP) is 6.01. The Labute approximate surface area is 124 Å². The van der Waals surface area contributed by atoms with Gasteiger partial charge in [-0.2, -0.15) is 0 Å². The van der Waals surface area contributed by atoms with Gasteiger partial charge in [-0.15, -0.1) is 0 Å². The Morgan fingerprint density at radius 1 is 0.619 bits per heavy atom. The minimum absolute atomic E-state index is 0.373. The summed E-state index contributed by atoms with van der Waals surface area (Å²) in [5.74, 6) is -5.03. The van der Waals surface area contributed by atoms with Crippen molar-refractivity contribution in [3.63, 3.8) is 0 Å². The molecular weight excluding hydrogens is 280 g/mol. The van der Waals surface area contributed by atoms with Crippen LogP contribution in [0.2, 0.25) is 0 Å². The Hall–Kier alpha value is -1.06. The second-order valence-electron chi connectivity index (χ2n) is 6.51. The second-order valence-corrected chi connectivity index (χ2v) is 6.51. The van der Waals surface area contributed by atoms with Gasteiger partial charge in [0, 0.05) is 11.1 Å². The van der Waals surface area contributed by atoms with Crippen molar-refractivity contribution in [3.8, 4) is 0 Å². The summed E-state index contributed by atoms with van der Waals surface area (Å²) >= 11 is 0. The van der Waals surface area contributed by atoms with E-state index >= 15 is 0 Å². The zero-order chi connectivity index (χ0) is 16.6. The highest BCUT2D eigenvalue weighted by Gasteiger charge is 2.38. The van der Waals surface area contributed by atoms with E-state index in [-0.39, 0.29) is 0 Å². The minimum atomic E-state index is -1.26. The van der Waals surface area contributed by atoms with Crippen molar-refractivity contribution in [2.24, 2.45) is 0 Å². The van der Waals surface area contributed by atoms with Gasteiger partial charge in [0.15, 0.2) is 23.3 Å². The Kier molecular flexibility index (Phi) is 5.12. The lowest BCUT2D eigenvalue weighted by atomic mass is 9.74. The van der Waals surface area contributed by atoms with Crippen molar-refractivity contribution >= 4 is 0 Å². The molecule has 1 rings (SSSR count). The van der Waals surface area contributed by atoms with Crippen LogP contribution >= 0.6 is 0 Å². The average molecular weight is 304 g/mol. The zero-order valence-corrected chi connectivity index (χ0v) is 13.6. The van der Waals surface area contributed by atoms with Crippen LogP contribution in [-0.2, 0) is 10.8 Å². The van der Waals surface area contributed by atoms with Crippen molar-refractivity contribution < 1.29 is 17.6 Å². The number of hydrogen-bond donors (Lipinski definition) is 0. The van der Waals surface area contributed by atoms with Gasteiger partial charge in [0.05, 0.1) is 0 Å². The summed E-state index contributed by atoms with van der Waals surface area (Å²) in [5.41, 5.74) is -2.87. The number of halogens is 4. The first-order valence-electron chi connectivity index (χ1n) is 7.44. The first-order valence-corrected chi connectivity index (χ1v) is 7.44. The lowest BCUT2D eigenvalue weighted by molar-refractivity contribution is 0.337. The molecule has 21 heavy (non-hydrogen) atoms. The quantitative estimate of drug-likeness (QED) is 0.461. The third-order valence-corrected chi connectivity index (χ3v) is 4.99. The van der Waals surface area contributed by atoms with E-state index in [0.717, 1.165) is 0 Å². The van der Waals surface area contributed by atoms with Gasteiger partial charge >= 0.3 is 0 Å². The Morgan fingerprint density at radius 3 is 1.24 bits per heavy atom. The maximum absolute atomic E-state index is 14.5. The summed E-state index contributed by atoms with van der Waals surface area (Å²) in [6, 6.07) is 0. The highest BCUT2D eigenvalue weighted by molar-refractivity contribution is 5.38. The van der Waals surface area contributed by atoms with Crippen LogP contribution in [0.25, 0.3) is 0 Å². The molecule has 0 aromatic heterocycles. The predicted molar refractivity (Wildman–Crippen MR) is 77.5 cm³/mol. The van der Waals surface area contributed by atoms with E-state index < -0.39 is 45.2 Å². The molecule has 0 fully saturated rings. The van der Waals surface area contributed by atoms with E-state index in [1.807, 2.05) is 0 Å². The second kappa shape index (κ2) is 5.98. The molecule has 0 saturated heterocycles. The fraction of sp³-hybridized carbons (Fsp3) is 0.647. The topological polar surface area (TPSA) is 0 Å². The van der Waals surface area contributed by atoms with Crippen LogP contribution < -0.4 is 0 Å². The highest BCUT2D eigenvalue weighted by Crippen LogP contribution is 2.41. The van der Waals surface area contributed by atoms with Crippen LogP contribution in [0.15, 0.2) is 0 Å². The van der Waals surface area contributed by atoms with E-state index in [1.54, 1.807) is 41.5 Å². The molecule has 1 aromatic carbocycles. The normalized spacial score (nSPS) is 12.9. The Balaban J connectivity index is 3.78. The number of benzene rings is 1. The molecule has 0 aliphatic rings. The largest absolute Gasteiger partial charge is 0.203 e. The van der Waals surface area contributed by atoms with Gasteiger partial charge in [0.2, 0.25) is 0 Å². The summed E-state index contributed by atoms with van der Waals surface area (Å²) in [6.07, 6.45) is 1.16. The maximum atomic E-state index is 14.5. The molecule has 0 atom stereocenters. The molecule has 0 aliphatic heterocycles. The molecule has 0 nitrogen and oxygen atoms in total.